The van der Waals surface area contributed by atoms with E-state index >= 15 is 0 Å². The fraction of sp³-hybridized carbons (Fsp3) is 0.667. The number of hydrogen-bond acceptors (Lipinski definition) is 4. The number of fused-ring (bicyclic) bond motifs is 1. The van der Waals surface area contributed by atoms with Gasteiger partial charge in [-0.05, 0) is 71.9 Å². The molecule has 2 fully saturated rings. The molecule has 23 heavy (non-hydrogen) atoms. The number of nitrogens with zero attached hydrogens (tertiary/aromatic N) is 5. The van der Waals surface area contributed by atoms with Crippen LogP contribution in [-0.2, 0) is 0 Å². The summed E-state index contributed by atoms with van der Waals surface area (Å²) >= 11 is 0. The van der Waals surface area contributed by atoms with E-state index in [1.165, 1.54) is 57.6 Å². The van der Waals surface area contributed by atoms with Gasteiger partial charge in [0.25, 0.3) is 0 Å². The number of piperidine rings is 2. The van der Waals surface area contributed by atoms with Crippen LogP contribution in [0, 0.1) is 6.92 Å². The van der Waals surface area contributed by atoms with E-state index in [4.69, 9.17) is 0 Å². The molecule has 2 saturated heterocycles. The Morgan fingerprint density at radius 1 is 1.04 bits per heavy atom. The molecule has 0 bridgehead atoms. The average Bonchev–Trinajstić information content (AvgIpc) is 2.96. The first-order valence-corrected chi connectivity index (χ1v) is 8.94. The Labute approximate surface area is 138 Å². The van der Waals surface area contributed by atoms with E-state index < -0.39 is 0 Å². The zero-order valence-electron chi connectivity index (χ0n) is 14.3. The van der Waals surface area contributed by atoms with E-state index in [1.807, 2.05) is 13.1 Å². The number of hydrogen-bond donors (Lipinski definition) is 0. The molecule has 4 heterocycles. The molecule has 5 heteroatoms. The predicted molar refractivity (Wildman–Crippen MR) is 91.8 cm³/mol. The largest absolute Gasteiger partial charge is 0.306 e. The van der Waals surface area contributed by atoms with Crippen LogP contribution >= 0.6 is 0 Å². The van der Waals surface area contributed by atoms with Crippen molar-refractivity contribution in [3.05, 3.63) is 29.7 Å². The third kappa shape index (κ3) is 3.00. The lowest BCUT2D eigenvalue weighted by atomic mass is 9.91. The minimum Gasteiger partial charge on any atom is -0.306 e. The molecule has 0 aliphatic carbocycles. The predicted octanol–water partition coefficient (Wildman–Crippen LogP) is 2.31. The average molecular weight is 313 g/mol. The highest BCUT2D eigenvalue weighted by Crippen LogP contribution is 2.30. The molecule has 0 aromatic carbocycles. The van der Waals surface area contributed by atoms with Crippen molar-refractivity contribution in [3.8, 4) is 0 Å². The maximum Gasteiger partial charge on any atom is 0.155 e. The molecule has 124 valence electrons. The molecule has 5 nitrogen and oxygen atoms in total. The van der Waals surface area contributed by atoms with Crippen molar-refractivity contribution >= 4 is 5.65 Å². The minimum atomic E-state index is 0.613. The second-order valence-electron chi connectivity index (χ2n) is 7.27. The Balaban J connectivity index is 1.44. The second kappa shape index (κ2) is 6.21. The number of aryl methyl sites for hydroxylation is 1. The van der Waals surface area contributed by atoms with Crippen LogP contribution in [0.15, 0.2) is 18.3 Å². The summed E-state index contributed by atoms with van der Waals surface area (Å²) in [6.07, 6.45) is 7.09. The Hall–Kier alpha value is -1.46. The van der Waals surface area contributed by atoms with Crippen LogP contribution < -0.4 is 0 Å². The molecule has 0 amide bonds. The van der Waals surface area contributed by atoms with Crippen LogP contribution in [0.25, 0.3) is 5.65 Å². The summed E-state index contributed by atoms with van der Waals surface area (Å²) in [5.41, 5.74) is 3.37. The van der Waals surface area contributed by atoms with Crippen LogP contribution in [0.1, 0.15) is 43.0 Å². The first kappa shape index (κ1) is 15.1. The highest BCUT2D eigenvalue weighted by molar-refractivity contribution is 5.40. The second-order valence-corrected chi connectivity index (χ2v) is 7.27. The molecule has 2 aliphatic heterocycles. The number of aromatic nitrogens is 3. The first-order chi connectivity index (χ1) is 11.2. The topological polar surface area (TPSA) is 36.7 Å². The molecule has 0 radical (unpaired) electrons. The highest BCUT2D eigenvalue weighted by Gasteiger charge is 2.28. The summed E-state index contributed by atoms with van der Waals surface area (Å²) in [6, 6.07) is 5.03. The molecule has 2 aliphatic rings. The summed E-state index contributed by atoms with van der Waals surface area (Å²) in [4.78, 5) is 9.63. The van der Waals surface area contributed by atoms with E-state index in [1.54, 1.807) is 0 Å². The van der Waals surface area contributed by atoms with Gasteiger partial charge in [-0.25, -0.2) is 9.50 Å². The van der Waals surface area contributed by atoms with Gasteiger partial charge >= 0.3 is 0 Å². The summed E-state index contributed by atoms with van der Waals surface area (Å²) in [5, 5.41) is 4.64. The fourth-order valence-electron chi connectivity index (χ4n) is 4.26. The SMILES string of the molecule is Cc1cc2nccc(C3CCN(C4CCN(C)CC4)CC3)n2n1. The summed E-state index contributed by atoms with van der Waals surface area (Å²) in [5.74, 6) is 0.613. The quantitative estimate of drug-likeness (QED) is 0.852. The molecular weight excluding hydrogens is 286 g/mol. The monoisotopic (exact) mass is 313 g/mol. The first-order valence-electron chi connectivity index (χ1n) is 8.94. The maximum atomic E-state index is 4.64. The standard InChI is InChI=1S/C18H27N5/c1-14-13-18-19-8-3-17(23(18)20-14)15-4-11-22(12-5-15)16-6-9-21(2)10-7-16/h3,8,13,15-16H,4-7,9-12H2,1-2H3. The van der Waals surface area contributed by atoms with E-state index in [-0.39, 0.29) is 0 Å². The summed E-state index contributed by atoms with van der Waals surface area (Å²) in [6.45, 7) is 7.00. The Kier molecular flexibility index (Phi) is 4.07. The van der Waals surface area contributed by atoms with E-state index in [0.717, 1.165) is 17.4 Å². The third-order valence-electron chi connectivity index (χ3n) is 5.66. The Bertz CT molecular complexity index is 663. The van der Waals surface area contributed by atoms with Crippen molar-refractivity contribution in [1.29, 1.82) is 0 Å². The third-order valence-corrected chi connectivity index (χ3v) is 5.66. The van der Waals surface area contributed by atoms with Crippen molar-refractivity contribution in [2.24, 2.45) is 0 Å². The van der Waals surface area contributed by atoms with Gasteiger partial charge in [0.05, 0.1) is 5.69 Å². The van der Waals surface area contributed by atoms with Crippen molar-refractivity contribution < 1.29 is 0 Å². The molecule has 0 spiro atoms. The smallest absolute Gasteiger partial charge is 0.155 e. The lowest BCUT2D eigenvalue weighted by molar-refractivity contribution is 0.0959. The van der Waals surface area contributed by atoms with Gasteiger partial charge in [-0.15, -0.1) is 0 Å². The van der Waals surface area contributed by atoms with Gasteiger partial charge in [0.15, 0.2) is 5.65 Å². The van der Waals surface area contributed by atoms with Gasteiger partial charge in [0, 0.05) is 29.9 Å². The van der Waals surface area contributed by atoms with Crippen LogP contribution in [0.2, 0.25) is 0 Å². The van der Waals surface area contributed by atoms with Gasteiger partial charge in [-0.1, -0.05) is 0 Å². The van der Waals surface area contributed by atoms with Crippen molar-refractivity contribution in [2.75, 3.05) is 33.2 Å². The lowest BCUT2D eigenvalue weighted by Gasteiger charge is -2.41. The van der Waals surface area contributed by atoms with Gasteiger partial charge in [-0.3, -0.25) is 0 Å². The Morgan fingerprint density at radius 3 is 2.52 bits per heavy atom. The minimum absolute atomic E-state index is 0.613. The summed E-state index contributed by atoms with van der Waals surface area (Å²) < 4.78 is 2.06. The van der Waals surface area contributed by atoms with E-state index in [0.29, 0.717) is 5.92 Å². The van der Waals surface area contributed by atoms with Gasteiger partial charge in [0.2, 0.25) is 0 Å². The van der Waals surface area contributed by atoms with Crippen molar-refractivity contribution in [1.82, 2.24) is 24.4 Å². The van der Waals surface area contributed by atoms with E-state index in [2.05, 4.69) is 43.6 Å². The van der Waals surface area contributed by atoms with Crippen LogP contribution in [0.3, 0.4) is 0 Å². The van der Waals surface area contributed by atoms with Gasteiger partial charge < -0.3 is 9.80 Å². The molecule has 0 unspecified atom stereocenters. The number of likely N-dealkylation sites (tertiary alicyclic amines) is 2. The zero-order chi connectivity index (χ0) is 15.8. The molecule has 2 aromatic rings. The highest BCUT2D eigenvalue weighted by atomic mass is 15.3. The van der Waals surface area contributed by atoms with Gasteiger partial charge in [-0.2, -0.15) is 5.10 Å². The maximum absolute atomic E-state index is 4.64. The Morgan fingerprint density at radius 2 is 1.78 bits per heavy atom. The lowest BCUT2D eigenvalue weighted by Crippen LogP contribution is -2.46. The van der Waals surface area contributed by atoms with Crippen LogP contribution in [0.5, 0.6) is 0 Å². The van der Waals surface area contributed by atoms with Gasteiger partial charge in [0.1, 0.15) is 0 Å². The molecule has 0 atom stereocenters. The molecular formula is C18H27N5. The van der Waals surface area contributed by atoms with E-state index in [9.17, 15) is 0 Å². The molecule has 2 aromatic heterocycles. The van der Waals surface area contributed by atoms with Crippen LogP contribution in [0.4, 0.5) is 0 Å². The van der Waals surface area contributed by atoms with Crippen molar-refractivity contribution in [3.63, 3.8) is 0 Å². The molecule has 4 rings (SSSR count). The molecule has 0 saturated carbocycles. The normalized spacial score (nSPS) is 22.9. The molecule has 0 N–H and O–H groups in total. The van der Waals surface area contributed by atoms with Crippen molar-refractivity contribution in [2.45, 2.75) is 44.6 Å². The summed E-state index contributed by atoms with van der Waals surface area (Å²) in [7, 11) is 2.24. The fourth-order valence-corrected chi connectivity index (χ4v) is 4.26. The van der Waals surface area contributed by atoms with Crippen LogP contribution in [-0.4, -0.2) is 63.7 Å². The number of rotatable bonds is 2. The zero-order valence-corrected chi connectivity index (χ0v) is 14.3.